The van der Waals surface area contributed by atoms with Gasteiger partial charge >= 0.3 is 0 Å². The van der Waals surface area contributed by atoms with Crippen molar-refractivity contribution in [3.05, 3.63) is 89.7 Å². The minimum atomic E-state index is -1.03. The van der Waals surface area contributed by atoms with Gasteiger partial charge in [0.15, 0.2) is 0 Å². The number of fused-ring (bicyclic) bond motifs is 1. The summed E-state index contributed by atoms with van der Waals surface area (Å²) < 4.78 is 21.6. The highest BCUT2D eigenvalue weighted by atomic mass is 19.1. The van der Waals surface area contributed by atoms with E-state index in [1.807, 2.05) is 39.0 Å². The Hall–Kier alpha value is -4.27. The van der Waals surface area contributed by atoms with Crippen molar-refractivity contribution in [3.8, 4) is 5.75 Å². The average molecular weight is 518 g/mol. The molecular formula is C29H32FN5O3. The Morgan fingerprint density at radius 1 is 1.05 bits per heavy atom. The second kappa shape index (κ2) is 11.4. The zero-order valence-electron chi connectivity index (χ0n) is 22.0. The van der Waals surface area contributed by atoms with E-state index in [4.69, 9.17) is 4.74 Å². The number of halogens is 1. The third-order valence-electron chi connectivity index (χ3n) is 6.66. The molecule has 38 heavy (non-hydrogen) atoms. The Morgan fingerprint density at radius 3 is 2.42 bits per heavy atom. The smallest absolute Gasteiger partial charge is 0.247 e. The highest BCUT2D eigenvalue weighted by Crippen LogP contribution is 2.28. The first kappa shape index (κ1) is 26.8. The topological polar surface area (TPSA) is 89.4 Å². The molecule has 0 fully saturated rings. The van der Waals surface area contributed by atoms with Gasteiger partial charge in [-0.3, -0.25) is 9.59 Å². The fourth-order valence-corrected chi connectivity index (χ4v) is 4.14. The van der Waals surface area contributed by atoms with E-state index in [0.29, 0.717) is 34.3 Å². The van der Waals surface area contributed by atoms with Crippen LogP contribution in [0.4, 0.5) is 4.39 Å². The van der Waals surface area contributed by atoms with E-state index in [1.54, 1.807) is 55.6 Å². The molecule has 0 unspecified atom stereocenters. The Balaban J connectivity index is 1.78. The minimum absolute atomic E-state index is 0.116. The number of carbonyl (C=O) groups is 2. The van der Waals surface area contributed by atoms with Gasteiger partial charge in [-0.15, -0.1) is 5.10 Å². The minimum Gasteiger partial charge on any atom is -0.497 e. The van der Waals surface area contributed by atoms with Crippen molar-refractivity contribution >= 4 is 22.8 Å². The number of para-hydroxylation sites is 1. The van der Waals surface area contributed by atoms with Crippen LogP contribution < -0.4 is 10.1 Å². The summed E-state index contributed by atoms with van der Waals surface area (Å²) >= 11 is 0. The number of nitrogens with zero attached hydrogens (tertiary/aromatic N) is 4. The van der Waals surface area contributed by atoms with E-state index in [0.717, 1.165) is 0 Å². The maximum absolute atomic E-state index is 14.8. The summed E-state index contributed by atoms with van der Waals surface area (Å²) in [5.41, 5.74) is 1.68. The van der Waals surface area contributed by atoms with Crippen molar-refractivity contribution in [2.24, 2.45) is 0 Å². The van der Waals surface area contributed by atoms with Gasteiger partial charge < -0.3 is 15.0 Å². The Morgan fingerprint density at radius 2 is 1.74 bits per heavy atom. The number of amides is 2. The van der Waals surface area contributed by atoms with E-state index >= 15 is 0 Å². The number of carbonyl (C=O) groups excluding carboxylic acids is 2. The van der Waals surface area contributed by atoms with Crippen molar-refractivity contribution in [2.45, 2.75) is 51.9 Å². The summed E-state index contributed by atoms with van der Waals surface area (Å²) in [6, 6.07) is 19.5. The molecule has 1 aromatic heterocycles. The Kier molecular flexibility index (Phi) is 8.05. The standard InChI is InChI=1S/C29H32FN5O3/c1-5-29(2,3)31-28(37)27(20-14-16-22(38-4)17-15-20)34(18-21-10-6-7-11-23(21)30)26(36)19-35-25-13-9-8-12-24(25)32-33-35/h6-17,27H,5,18-19H2,1-4H3,(H,31,37)/t27-/m1/s1. The predicted octanol–water partition coefficient (Wildman–Crippen LogP) is 4.65. The van der Waals surface area contributed by atoms with Crippen LogP contribution in [-0.4, -0.2) is 44.4 Å². The van der Waals surface area contributed by atoms with Gasteiger partial charge in [0.2, 0.25) is 11.8 Å². The predicted molar refractivity (Wildman–Crippen MR) is 143 cm³/mol. The molecule has 0 spiro atoms. The summed E-state index contributed by atoms with van der Waals surface area (Å²) in [6.45, 7) is 5.52. The van der Waals surface area contributed by atoms with E-state index in [9.17, 15) is 14.0 Å². The number of aromatic nitrogens is 3. The highest BCUT2D eigenvalue weighted by molar-refractivity contribution is 5.89. The first-order valence-corrected chi connectivity index (χ1v) is 12.5. The quantitative estimate of drug-likeness (QED) is 0.331. The lowest BCUT2D eigenvalue weighted by Gasteiger charge is -2.34. The number of nitrogens with one attached hydrogen (secondary N) is 1. The fraction of sp³-hybridized carbons (Fsp3) is 0.310. The normalized spacial score (nSPS) is 12.2. The van der Waals surface area contributed by atoms with Crippen LogP contribution in [0.1, 0.15) is 44.4 Å². The molecule has 0 aliphatic heterocycles. The lowest BCUT2D eigenvalue weighted by molar-refractivity contribution is -0.143. The molecule has 1 N–H and O–H groups in total. The molecule has 0 aliphatic carbocycles. The molecule has 1 heterocycles. The molecule has 0 aliphatic rings. The van der Waals surface area contributed by atoms with Crippen LogP contribution in [0.25, 0.3) is 11.0 Å². The van der Waals surface area contributed by atoms with Crippen LogP contribution in [0, 0.1) is 5.82 Å². The summed E-state index contributed by atoms with van der Waals surface area (Å²) in [6.07, 6.45) is 0.681. The highest BCUT2D eigenvalue weighted by Gasteiger charge is 2.34. The zero-order chi connectivity index (χ0) is 27.3. The number of methoxy groups -OCH3 is 1. The van der Waals surface area contributed by atoms with Gasteiger partial charge in [0.1, 0.15) is 29.7 Å². The maximum atomic E-state index is 14.8. The number of ether oxygens (including phenoxy) is 1. The van der Waals surface area contributed by atoms with Gasteiger partial charge in [-0.25, -0.2) is 9.07 Å². The molecule has 0 saturated heterocycles. The van der Waals surface area contributed by atoms with Crippen LogP contribution in [0.15, 0.2) is 72.8 Å². The monoisotopic (exact) mass is 517 g/mol. The summed E-state index contributed by atoms with van der Waals surface area (Å²) in [5, 5.41) is 11.3. The van der Waals surface area contributed by atoms with Gasteiger partial charge in [-0.05, 0) is 56.2 Å². The third kappa shape index (κ3) is 5.99. The molecule has 0 bridgehead atoms. The zero-order valence-corrected chi connectivity index (χ0v) is 22.0. The number of hydrogen-bond donors (Lipinski definition) is 1. The van der Waals surface area contributed by atoms with Gasteiger partial charge in [-0.2, -0.15) is 0 Å². The SMILES string of the molecule is CCC(C)(C)NC(=O)[C@@H](c1ccc(OC)cc1)N(Cc1ccccc1F)C(=O)Cn1nnc2ccccc21. The Bertz CT molecular complexity index is 1420. The largest absolute Gasteiger partial charge is 0.497 e. The molecule has 4 rings (SSSR count). The molecule has 0 radical (unpaired) electrons. The molecule has 9 heteroatoms. The van der Waals surface area contributed by atoms with Gasteiger partial charge in [0, 0.05) is 17.6 Å². The first-order valence-electron chi connectivity index (χ1n) is 12.5. The molecular weight excluding hydrogens is 485 g/mol. The van der Waals surface area contributed by atoms with Crippen LogP contribution >= 0.6 is 0 Å². The van der Waals surface area contributed by atoms with E-state index in [1.165, 1.54) is 15.6 Å². The van der Waals surface area contributed by atoms with Crippen LogP contribution in [-0.2, 0) is 22.7 Å². The van der Waals surface area contributed by atoms with E-state index < -0.39 is 23.3 Å². The molecule has 8 nitrogen and oxygen atoms in total. The molecule has 2 amide bonds. The molecule has 3 aromatic carbocycles. The van der Waals surface area contributed by atoms with Crippen molar-refractivity contribution in [1.29, 1.82) is 0 Å². The van der Waals surface area contributed by atoms with Crippen molar-refractivity contribution in [2.75, 3.05) is 7.11 Å². The fourth-order valence-electron chi connectivity index (χ4n) is 4.14. The van der Waals surface area contributed by atoms with Crippen molar-refractivity contribution in [3.63, 3.8) is 0 Å². The molecule has 0 saturated carbocycles. The third-order valence-corrected chi connectivity index (χ3v) is 6.66. The van der Waals surface area contributed by atoms with Gasteiger partial charge in [0.25, 0.3) is 0 Å². The maximum Gasteiger partial charge on any atom is 0.247 e. The van der Waals surface area contributed by atoms with Gasteiger partial charge in [-0.1, -0.05) is 54.6 Å². The van der Waals surface area contributed by atoms with Crippen LogP contribution in [0.3, 0.4) is 0 Å². The van der Waals surface area contributed by atoms with Crippen LogP contribution in [0.5, 0.6) is 5.75 Å². The first-order chi connectivity index (χ1) is 18.2. The number of hydrogen-bond acceptors (Lipinski definition) is 5. The van der Waals surface area contributed by atoms with Gasteiger partial charge in [0.05, 0.1) is 12.6 Å². The number of benzene rings is 3. The van der Waals surface area contributed by atoms with Crippen molar-refractivity contribution in [1.82, 2.24) is 25.2 Å². The number of rotatable bonds is 10. The summed E-state index contributed by atoms with van der Waals surface area (Å²) in [4.78, 5) is 29.2. The summed E-state index contributed by atoms with van der Waals surface area (Å²) in [7, 11) is 1.55. The summed E-state index contributed by atoms with van der Waals surface area (Å²) in [5.74, 6) is -0.619. The second-order valence-electron chi connectivity index (χ2n) is 9.75. The second-order valence-corrected chi connectivity index (χ2v) is 9.75. The molecule has 4 aromatic rings. The molecule has 1 atom stereocenters. The van der Waals surface area contributed by atoms with Crippen LogP contribution in [0.2, 0.25) is 0 Å². The van der Waals surface area contributed by atoms with E-state index in [-0.39, 0.29) is 19.0 Å². The lowest BCUT2D eigenvalue weighted by atomic mass is 9.98. The Labute approximate surface area is 221 Å². The average Bonchev–Trinajstić information content (AvgIpc) is 3.32. The van der Waals surface area contributed by atoms with E-state index in [2.05, 4.69) is 15.6 Å². The lowest BCUT2D eigenvalue weighted by Crippen LogP contribution is -2.50. The van der Waals surface area contributed by atoms with Crippen molar-refractivity contribution < 1.29 is 18.7 Å². The molecule has 198 valence electrons.